The van der Waals surface area contributed by atoms with E-state index >= 15 is 0 Å². The van der Waals surface area contributed by atoms with Crippen LogP contribution in [0.4, 0.5) is 0 Å². The lowest BCUT2D eigenvalue weighted by atomic mass is 10.1. The van der Waals surface area contributed by atoms with Crippen LogP contribution in [0.3, 0.4) is 0 Å². The van der Waals surface area contributed by atoms with Crippen LogP contribution in [0.2, 0.25) is 0 Å². The zero-order chi connectivity index (χ0) is 13.8. The van der Waals surface area contributed by atoms with E-state index in [9.17, 15) is 0 Å². The summed E-state index contributed by atoms with van der Waals surface area (Å²) in [6.45, 7) is 12.4. The fourth-order valence-corrected chi connectivity index (χ4v) is 1.94. The van der Waals surface area contributed by atoms with Crippen LogP contribution in [0.15, 0.2) is 16.6 Å². The monoisotopic (exact) mass is 313 g/mol. The first-order chi connectivity index (χ1) is 8.29. The van der Waals surface area contributed by atoms with Crippen molar-refractivity contribution >= 4 is 15.9 Å². The molecule has 0 unspecified atom stereocenters. The van der Waals surface area contributed by atoms with Gasteiger partial charge >= 0.3 is 0 Å². The van der Waals surface area contributed by atoms with Gasteiger partial charge in [-0.3, -0.25) is 0 Å². The van der Waals surface area contributed by atoms with Crippen molar-refractivity contribution in [2.24, 2.45) is 0 Å². The summed E-state index contributed by atoms with van der Waals surface area (Å²) < 4.78 is 6.95. The van der Waals surface area contributed by atoms with Gasteiger partial charge in [0.15, 0.2) is 0 Å². The molecule has 0 saturated heterocycles. The first kappa shape index (κ1) is 15.5. The molecule has 0 amide bonds. The molecule has 0 radical (unpaired) electrons. The predicted octanol–water partition coefficient (Wildman–Crippen LogP) is 4.22. The van der Waals surface area contributed by atoms with Crippen LogP contribution in [0.5, 0.6) is 5.75 Å². The number of nitrogens with one attached hydrogen (secondary N) is 1. The number of halogens is 1. The van der Waals surface area contributed by atoms with Crippen LogP contribution in [-0.2, 0) is 0 Å². The van der Waals surface area contributed by atoms with Gasteiger partial charge in [0.05, 0.1) is 6.61 Å². The Morgan fingerprint density at radius 3 is 2.22 bits per heavy atom. The first-order valence-electron chi connectivity index (χ1n) is 6.44. The maximum absolute atomic E-state index is 5.78. The molecule has 1 N–H and O–H groups in total. The molecule has 2 nitrogen and oxygen atoms in total. The molecule has 0 saturated carbocycles. The first-order valence-corrected chi connectivity index (χ1v) is 7.23. The number of aryl methyl sites for hydroxylation is 2. The molecule has 0 atom stereocenters. The number of rotatable bonds is 5. The van der Waals surface area contributed by atoms with E-state index in [-0.39, 0.29) is 5.54 Å². The van der Waals surface area contributed by atoms with E-state index in [1.54, 1.807) is 0 Å². The Morgan fingerprint density at radius 1 is 1.17 bits per heavy atom. The van der Waals surface area contributed by atoms with Gasteiger partial charge < -0.3 is 10.1 Å². The van der Waals surface area contributed by atoms with Crippen molar-refractivity contribution in [2.45, 2.75) is 46.6 Å². The van der Waals surface area contributed by atoms with Crippen LogP contribution in [-0.4, -0.2) is 18.7 Å². The van der Waals surface area contributed by atoms with Crippen LogP contribution in [0.25, 0.3) is 0 Å². The quantitative estimate of drug-likeness (QED) is 0.822. The van der Waals surface area contributed by atoms with Crippen molar-refractivity contribution in [1.29, 1.82) is 0 Å². The molecular weight excluding hydrogens is 290 g/mol. The second-order valence-corrected chi connectivity index (χ2v) is 6.54. The average Bonchev–Trinajstić information content (AvgIpc) is 2.23. The fourth-order valence-electron chi connectivity index (χ4n) is 1.72. The van der Waals surface area contributed by atoms with Crippen LogP contribution in [0, 0.1) is 13.8 Å². The molecule has 0 bridgehead atoms. The molecule has 0 aliphatic heterocycles. The molecule has 18 heavy (non-hydrogen) atoms. The lowest BCUT2D eigenvalue weighted by Crippen LogP contribution is -2.36. The van der Waals surface area contributed by atoms with Crippen LogP contribution >= 0.6 is 15.9 Å². The summed E-state index contributed by atoms with van der Waals surface area (Å²) in [6.07, 6.45) is 1.02. The summed E-state index contributed by atoms with van der Waals surface area (Å²) in [5, 5.41) is 3.45. The highest BCUT2D eigenvalue weighted by Gasteiger charge is 2.07. The Kier molecular flexibility index (Phi) is 5.67. The zero-order valence-electron chi connectivity index (χ0n) is 12.1. The molecular formula is C15H24BrNO. The summed E-state index contributed by atoms with van der Waals surface area (Å²) in [4.78, 5) is 0. The van der Waals surface area contributed by atoms with Crippen molar-refractivity contribution in [3.05, 3.63) is 27.7 Å². The molecule has 3 heteroatoms. The number of ether oxygens (including phenoxy) is 1. The highest BCUT2D eigenvalue weighted by atomic mass is 79.9. The molecule has 0 aliphatic rings. The lowest BCUT2D eigenvalue weighted by Gasteiger charge is -2.20. The Balaban J connectivity index is 2.36. The molecule has 0 spiro atoms. The van der Waals surface area contributed by atoms with E-state index in [0.717, 1.165) is 25.3 Å². The minimum atomic E-state index is 0.185. The van der Waals surface area contributed by atoms with Gasteiger partial charge in [0.1, 0.15) is 5.75 Å². The van der Waals surface area contributed by atoms with E-state index in [4.69, 9.17) is 4.74 Å². The minimum Gasteiger partial charge on any atom is -0.494 e. The largest absolute Gasteiger partial charge is 0.494 e. The van der Waals surface area contributed by atoms with Gasteiger partial charge in [-0.15, -0.1) is 0 Å². The van der Waals surface area contributed by atoms with Crippen molar-refractivity contribution < 1.29 is 4.74 Å². The van der Waals surface area contributed by atoms with Gasteiger partial charge in [-0.25, -0.2) is 0 Å². The standard InChI is InChI=1S/C15H24BrNO/c1-11-9-13(10-12(2)14(11)16)18-8-6-7-17-15(3,4)5/h9-10,17H,6-8H2,1-5H3. The summed E-state index contributed by atoms with van der Waals surface area (Å²) >= 11 is 3.56. The number of benzene rings is 1. The van der Waals surface area contributed by atoms with Gasteiger partial charge in [-0.2, -0.15) is 0 Å². The molecule has 1 aromatic rings. The number of hydrogen-bond acceptors (Lipinski definition) is 2. The van der Waals surface area contributed by atoms with E-state index < -0.39 is 0 Å². The normalized spacial score (nSPS) is 11.7. The zero-order valence-corrected chi connectivity index (χ0v) is 13.6. The van der Waals surface area contributed by atoms with E-state index in [2.05, 4.69) is 68.0 Å². The lowest BCUT2D eigenvalue weighted by molar-refractivity contribution is 0.298. The predicted molar refractivity (Wildman–Crippen MR) is 81.5 cm³/mol. The Bertz CT molecular complexity index is 373. The van der Waals surface area contributed by atoms with Crippen LogP contribution in [0.1, 0.15) is 38.3 Å². The van der Waals surface area contributed by atoms with Gasteiger partial charge in [0.2, 0.25) is 0 Å². The number of hydrogen-bond donors (Lipinski definition) is 1. The van der Waals surface area contributed by atoms with Crippen LogP contribution < -0.4 is 10.1 Å². The topological polar surface area (TPSA) is 21.3 Å². The third-order valence-corrected chi connectivity index (χ3v) is 3.91. The Hall–Kier alpha value is -0.540. The van der Waals surface area contributed by atoms with Gasteiger partial charge in [0.25, 0.3) is 0 Å². The molecule has 0 heterocycles. The minimum absolute atomic E-state index is 0.185. The molecule has 0 fully saturated rings. The maximum atomic E-state index is 5.78. The SMILES string of the molecule is Cc1cc(OCCCNC(C)(C)C)cc(C)c1Br. The van der Waals surface area contributed by atoms with Gasteiger partial charge in [0, 0.05) is 10.0 Å². The summed E-state index contributed by atoms with van der Waals surface area (Å²) in [7, 11) is 0. The van der Waals surface area contributed by atoms with Gasteiger partial charge in [-0.1, -0.05) is 15.9 Å². The highest BCUT2D eigenvalue weighted by Crippen LogP contribution is 2.26. The molecule has 0 aromatic heterocycles. The van der Waals surface area contributed by atoms with Gasteiger partial charge in [-0.05, 0) is 70.8 Å². The summed E-state index contributed by atoms with van der Waals surface area (Å²) in [5.74, 6) is 0.962. The smallest absolute Gasteiger partial charge is 0.119 e. The third kappa shape index (κ3) is 5.40. The second kappa shape index (κ2) is 6.58. The van der Waals surface area contributed by atoms with Crippen molar-refractivity contribution in [1.82, 2.24) is 5.32 Å². The third-order valence-electron chi connectivity index (χ3n) is 2.66. The molecule has 102 valence electrons. The molecule has 1 rings (SSSR count). The Labute approximate surface area is 119 Å². The molecule has 1 aromatic carbocycles. The fraction of sp³-hybridized carbons (Fsp3) is 0.600. The van der Waals surface area contributed by atoms with E-state index in [1.807, 2.05) is 0 Å². The summed E-state index contributed by atoms with van der Waals surface area (Å²) in [6, 6.07) is 4.16. The van der Waals surface area contributed by atoms with Crippen molar-refractivity contribution in [3.8, 4) is 5.75 Å². The second-order valence-electron chi connectivity index (χ2n) is 5.75. The molecule has 0 aliphatic carbocycles. The van der Waals surface area contributed by atoms with Crippen molar-refractivity contribution in [3.63, 3.8) is 0 Å². The Morgan fingerprint density at radius 2 is 1.72 bits per heavy atom. The highest BCUT2D eigenvalue weighted by molar-refractivity contribution is 9.10. The van der Waals surface area contributed by atoms with E-state index in [0.29, 0.717) is 0 Å². The van der Waals surface area contributed by atoms with E-state index in [1.165, 1.54) is 15.6 Å². The summed E-state index contributed by atoms with van der Waals surface area (Å²) in [5.41, 5.74) is 2.63. The maximum Gasteiger partial charge on any atom is 0.119 e. The average molecular weight is 314 g/mol. The van der Waals surface area contributed by atoms with Crippen molar-refractivity contribution in [2.75, 3.05) is 13.2 Å².